The molecule has 0 saturated heterocycles. The number of nitrogens with zero attached hydrogens (tertiary/aromatic N) is 1. The van der Waals surface area contributed by atoms with Crippen LogP contribution in [0.1, 0.15) is 103 Å². The fraction of sp³-hybridized carbons (Fsp3) is 0.211. The SMILES string of the molecule is CC(C)(C)c1ccc(Nc2cc3sc4cc5c(cc4c3cc2-c2ccc3c4cc6c(cc4n4c3c2Bc2cc3sc(-c7ccccc7)c(-c7ccccc7)c3cc2-4)C(C)(C)c2ccccc2-6)C(C)(C)CCC5(C)C)cc1. The van der Waals surface area contributed by atoms with Crippen LogP contribution in [0.25, 0.3) is 102 Å². The maximum atomic E-state index is 4.06. The Labute approximate surface area is 455 Å². The van der Waals surface area contributed by atoms with E-state index < -0.39 is 0 Å². The number of thiophene rings is 2. The van der Waals surface area contributed by atoms with Gasteiger partial charge in [-0.1, -0.05) is 177 Å². The second-order valence-electron chi connectivity index (χ2n) is 25.2. The molecule has 0 amide bonds. The van der Waals surface area contributed by atoms with Crippen molar-refractivity contribution in [1.29, 1.82) is 0 Å². The summed E-state index contributed by atoms with van der Waals surface area (Å²) in [5.41, 5.74) is 25.3. The Balaban J connectivity index is 1.03. The zero-order valence-corrected chi connectivity index (χ0v) is 46.7. The van der Waals surface area contributed by atoms with Gasteiger partial charge in [0, 0.05) is 85.0 Å². The van der Waals surface area contributed by atoms with Gasteiger partial charge in [-0.05, 0) is 151 Å². The topological polar surface area (TPSA) is 17.0 Å². The third kappa shape index (κ3) is 6.70. The van der Waals surface area contributed by atoms with E-state index in [0.29, 0.717) is 0 Å². The number of aromatic nitrogens is 1. The minimum atomic E-state index is -0.140. The number of benzene rings is 9. The van der Waals surface area contributed by atoms with Crippen molar-refractivity contribution in [2.45, 2.75) is 96.8 Å². The van der Waals surface area contributed by atoms with Crippen molar-refractivity contribution in [2.24, 2.45) is 0 Å². The molecule has 0 atom stereocenters. The van der Waals surface area contributed by atoms with E-state index in [-0.39, 0.29) is 21.7 Å². The molecule has 0 saturated carbocycles. The standard InChI is InChI=1S/C71H61BN2S2/c1-68(2,3)42-24-26-43(27-25-42)73-58-39-63-50(51-34-55-56(37-61(51)75-63)70(6,7)31-30-69(55,4)5)33-48(58)45-28-29-46-49-32-47-44-22-16-17-23-53(44)71(8,9)54(47)36-59(49)74-60-35-52-62(38-57(60)72-65(45)66(46)74)76-67(41-20-14-11-15-21-41)64(52)40-18-12-10-13-19-40/h10-29,32-39,72-73H,30-31H2,1-9H3. The van der Waals surface area contributed by atoms with Crippen molar-refractivity contribution in [3.8, 4) is 49.5 Å². The number of nitrogens with one attached hydrogen (secondary N) is 1. The third-order valence-corrected chi connectivity index (χ3v) is 20.6. The molecule has 5 heteroatoms. The zero-order chi connectivity index (χ0) is 51.8. The lowest BCUT2D eigenvalue weighted by molar-refractivity contribution is 0.332. The Morgan fingerprint density at radius 3 is 1.88 bits per heavy atom. The molecule has 3 aliphatic rings. The zero-order valence-electron chi connectivity index (χ0n) is 45.1. The summed E-state index contributed by atoms with van der Waals surface area (Å²) >= 11 is 3.89. The Morgan fingerprint density at radius 1 is 0.500 bits per heavy atom. The van der Waals surface area contributed by atoms with Crippen molar-refractivity contribution in [3.63, 3.8) is 0 Å². The highest BCUT2D eigenvalue weighted by Gasteiger charge is 2.39. The van der Waals surface area contributed by atoms with Crippen LogP contribution in [0.3, 0.4) is 0 Å². The van der Waals surface area contributed by atoms with E-state index in [0.717, 1.165) is 18.7 Å². The fourth-order valence-electron chi connectivity index (χ4n) is 13.9. The van der Waals surface area contributed by atoms with Gasteiger partial charge in [0.1, 0.15) is 0 Å². The van der Waals surface area contributed by atoms with Crippen LogP contribution in [0.4, 0.5) is 11.4 Å². The molecule has 0 radical (unpaired) electrons. The smallest absolute Gasteiger partial charge is 0.198 e. The van der Waals surface area contributed by atoms with Crippen LogP contribution in [0.2, 0.25) is 0 Å². The van der Waals surface area contributed by atoms with Crippen molar-refractivity contribution in [3.05, 3.63) is 198 Å². The number of anilines is 2. The van der Waals surface area contributed by atoms with Gasteiger partial charge in [-0.25, -0.2) is 0 Å². The van der Waals surface area contributed by atoms with E-state index in [1.165, 1.54) is 153 Å². The molecule has 0 bridgehead atoms. The van der Waals surface area contributed by atoms with E-state index >= 15 is 0 Å². The molecule has 2 nitrogen and oxygen atoms in total. The summed E-state index contributed by atoms with van der Waals surface area (Å²) in [5.74, 6) is 0. The van der Waals surface area contributed by atoms with Gasteiger partial charge in [-0.15, -0.1) is 22.7 Å². The first-order valence-corrected chi connectivity index (χ1v) is 29.0. The highest BCUT2D eigenvalue weighted by molar-refractivity contribution is 7.26. The van der Waals surface area contributed by atoms with Crippen molar-refractivity contribution >= 4 is 104 Å². The first-order valence-electron chi connectivity index (χ1n) is 27.4. The van der Waals surface area contributed by atoms with Crippen LogP contribution < -0.4 is 16.2 Å². The second-order valence-corrected chi connectivity index (χ2v) is 27.3. The van der Waals surface area contributed by atoms with E-state index in [1.54, 1.807) is 0 Å². The van der Waals surface area contributed by atoms with Crippen LogP contribution in [0, 0.1) is 0 Å². The van der Waals surface area contributed by atoms with Crippen molar-refractivity contribution in [2.75, 3.05) is 5.32 Å². The summed E-state index contributed by atoms with van der Waals surface area (Å²) in [6.07, 6.45) is 2.40. The average Bonchev–Trinajstić information content (AvgIpc) is 4.34. The van der Waals surface area contributed by atoms with Gasteiger partial charge in [0.2, 0.25) is 0 Å². The van der Waals surface area contributed by atoms with Crippen molar-refractivity contribution < 1.29 is 0 Å². The van der Waals surface area contributed by atoms with Crippen LogP contribution in [0.15, 0.2) is 170 Å². The average molecular weight is 1020 g/mol. The van der Waals surface area contributed by atoms with Crippen LogP contribution in [0.5, 0.6) is 0 Å². The Kier molecular flexibility index (Phi) is 9.68. The number of rotatable bonds is 5. The number of hydrogen-bond donors (Lipinski definition) is 1. The van der Waals surface area contributed by atoms with Gasteiger partial charge in [0.15, 0.2) is 7.28 Å². The fourth-order valence-corrected chi connectivity index (χ4v) is 16.3. The summed E-state index contributed by atoms with van der Waals surface area (Å²) in [5, 5.41) is 10.7. The van der Waals surface area contributed by atoms with Gasteiger partial charge in [-0.2, -0.15) is 0 Å². The molecule has 370 valence electrons. The monoisotopic (exact) mass is 1020 g/mol. The normalized spacial score (nSPS) is 15.8. The molecule has 76 heavy (non-hydrogen) atoms. The molecule has 2 aliphatic carbocycles. The van der Waals surface area contributed by atoms with Crippen molar-refractivity contribution in [1.82, 2.24) is 4.57 Å². The van der Waals surface area contributed by atoms with E-state index in [4.69, 9.17) is 0 Å². The minimum Gasteiger partial charge on any atom is -0.355 e. The summed E-state index contributed by atoms with van der Waals surface area (Å²) in [4.78, 5) is 1.32. The molecule has 3 aromatic heterocycles. The van der Waals surface area contributed by atoms with Gasteiger partial charge in [-0.3, -0.25) is 0 Å². The van der Waals surface area contributed by atoms with Gasteiger partial charge in [0.05, 0.1) is 5.52 Å². The molecule has 12 aromatic rings. The molecule has 0 spiro atoms. The summed E-state index contributed by atoms with van der Waals surface area (Å²) in [7, 11) is 0.820. The lowest BCUT2D eigenvalue weighted by Crippen LogP contribution is -2.37. The lowest BCUT2D eigenvalue weighted by Gasteiger charge is -2.41. The Morgan fingerprint density at radius 2 is 1.14 bits per heavy atom. The Hall–Kier alpha value is -7.18. The number of fused-ring (bicyclic) bond motifs is 13. The largest absolute Gasteiger partial charge is 0.355 e. The summed E-state index contributed by atoms with van der Waals surface area (Å²) in [6.45, 7) is 21.5. The molecule has 15 rings (SSSR count). The van der Waals surface area contributed by atoms with E-state index in [9.17, 15) is 0 Å². The van der Waals surface area contributed by atoms with Crippen LogP contribution in [-0.2, 0) is 21.7 Å². The maximum Gasteiger partial charge on any atom is 0.198 e. The molecular formula is C71H61BN2S2. The lowest BCUT2D eigenvalue weighted by atomic mass is 9.59. The maximum absolute atomic E-state index is 4.06. The number of hydrogen-bond acceptors (Lipinski definition) is 3. The van der Waals surface area contributed by atoms with E-state index in [2.05, 4.69) is 242 Å². The van der Waals surface area contributed by atoms with Gasteiger partial charge < -0.3 is 9.88 Å². The molecule has 1 aliphatic heterocycles. The van der Waals surface area contributed by atoms with Crippen LogP contribution in [-0.4, -0.2) is 11.8 Å². The molecule has 0 fully saturated rings. The van der Waals surface area contributed by atoms with Gasteiger partial charge >= 0.3 is 0 Å². The quantitative estimate of drug-likeness (QED) is 0.170. The molecule has 9 aromatic carbocycles. The molecular weight excluding hydrogens is 956 g/mol. The summed E-state index contributed by atoms with van der Waals surface area (Å²) in [6, 6.07) is 65.7. The first-order chi connectivity index (χ1) is 36.5. The first kappa shape index (κ1) is 46.2. The van der Waals surface area contributed by atoms with E-state index in [1.807, 2.05) is 22.7 Å². The third-order valence-electron chi connectivity index (χ3n) is 18.2. The van der Waals surface area contributed by atoms with Crippen LogP contribution >= 0.6 is 22.7 Å². The van der Waals surface area contributed by atoms with Gasteiger partial charge in [0.25, 0.3) is 0 Å². The molecule has 1 N–H and O–H groups in total. The summed E-state index contributed by atoms with van der Waals surface area (Å²) < 4.78 is 6.71. The second kappa shape index (κ2) is 15.9. The minimum absolute atomic E-state index is 0.0645. The predicted octanol–water partition coefficient (Wildman–Crippen LogP) is 18.8. The highest BCUT2D eigenvalue weighted by Crippen LogP contribution is 2.54. The molecule has 0 unspecified atom stereocenters. The predicted molar refractivity (Wildman–Crippen MR) is 333 cm³/mol. The Bertz CT molecular complexity index is 4440. The highest BCUT2D eigenvalue weighted by atomic mass is 32.1. The molecule has 4 heterocycles.